The zero-order chi connectivity index (χ0) is 36.8. The maximum atomic E-state index is 12.5. The number of carboxylic acids is 1. The van der Waals surface area contributed by atoms with Crippen LogP contribution in [-0.4, -0.2) is 199 Å². The first-order chi connectivity index (χ1) is 23.0. The van der Waals surface area contributed by atoms with Crippen LogP contribution in [0.15, 0.2) is 0 Å². The molecule has 0 aliphatic carbocycles. The summed E-state index contributed by atoms with van der Waals surface area (Å²) in [5.41, 5.74) is 0. The van der Waals surface area contributed by atoms with Crippen molar-refractivity contribution in [1.82, 2.24) is 10.6 Å². The molecule has 16 atom stereocenters. The molecule has 3 heterocycles. The van der Waals surface area contributed by atoms with Gasteiger partial charge >= 0.3 is 5.97 Å². The minimum Gasteiger partial charge on any atom is -0.477 e. The van der Waals surface area contributed by atoms with Crippen molar-refractivity contribution in [3.63, 3.8) is 0 Å². The number of carbonyl (C=O) groups excluding carboxylic acids is 2. The van der Waals surface area contributed by atoms with Crippen LogP contribution in [0, 0.1) is 0 Å². The quantitative estimate of drug-likeness (QED) is 0.0695. The Balaban J connectivity index is 1.84. The number of hydrogen-bond acceptors (Lipinski definition) is 19. The van der Waals surface area contributed by atoms with Crippen molar-refractivity contribution < 1.29 is 93.9 Å². The summed E-state index contributed by atoms with van der Waals surface area (Å²) in [4.78, 5) is 36.1. The average molecular weight is 735 g/mol. The zero-order valence-corrected chi connectivity index (χ0v) is 27.4. The monoisotopic (exact) mass is 734 g/mol. The molecule has 3 rings (SSSR count). The Labute approximate surface area is 285 Å². The molecule has 21 nitrogen and oxygen atoms in total. The molecule has 12 N–H and O–H groups in total. The fourth-order valence-electron chi connectivity index (χ4n) is 5.75. The van der Waals surface area contributed by atoms with Gasteiger partial charge < -0.3 is 90.1 Å². The van der Waals surface area contributed by atoms with Crippen LogP contribution in [-0.2, 0) is 42.8 Å². The largest absolute Gasteiger partial charge is 0.477 e. The van der Waals surface area contributed by atoms with Gasteiger partial charge in [0.1, 0.15) is 67.1 Å². The lowest BCUT2D eigenvalue weighted by Crippen LogP contribution is -2.69. The minimum atomic E-state index is -2.83. The summed E-state index contributed by atoms with van der Waals surface area (Å²) in [6.45, 7) is -0.490. The van der Waals surface area contributed by atoms with Crippen molar-refractivity contribution in [1.29, 1.82) is 0 Å². The number of aliphatic hydroxyl groups excluding tert-OH is 9. The van der Waals surface area contributed by atoms with Gasteiger partial charge in [0.25, 0.3) is 5.79 Å². The van der Waals surface area contributed by atoms with Gasteiger partial charge in [-0.3, -0.25) is 9.59 Å². The predicted molar refractivity (Wildman–Crippen MR) is 159 cm³/mol. The predicted octanol–water partition coefficient (Wildman–Crippen LogP) is -7.13. The molecule has 0 radical (unpaired) electrons. The molecule has 0 saturated carbocycles. The summed E-state index contributed by atoms with van der Waals surface area (Å²) < 4.78 is 33.5. The summed E-state index contributed by atoms with van der Waals surface area (Å²) in [6.07, 6.45) is -24.0. The van der Waals surface area contributed by atoms with E-state index in [1.54, 1.807) is 0 Å². The molecule has 22 heteroatoms. The molecule has 3 saturated heterocycles. The molecule has 3 fully saturated rings. The van der Waals surface area contributed by atoms with Crippen LogP contribution in [0.2, 0.25) is 0 Å². The lowest BCUT2D eigenvalue weighted by molar-refractivity contribution is -0.359. The molecule has 0 aromatic carbocycles. The topological polar surface area (TPSA) is 333 Å². The summed E-state index contributed by atoms with van der Waals surface area (Å²) in [6, 6.07) is -2.75. The molecule has 0 aromatic rings. The Morgan fingerprint density at radius 3 is 2.06 bits per heavy atom. The summed E-state index contributed by atoms with van der Waals surface area (Å²) in [7, 11) is 0. The van der Waals surface area contributed by atoms with Gasteiger partial charge in [0, 0.05) is 26.0 Å². The fourth-order valence-corrected chi connectivity index (χ4v) is 5.86. The van der Waals surface area contributed by atoms with Gasteiger partial charge in [-0.25, -0.2) is 4.79 Å². The second-order valence-electron chi connectivity index (χ2n) is 11.8. The normalized spacial score (nSPS) is 41.0. The number of carboxylic acid groups (broad SMARTS) is 1. The number of hydrogen-bond donors (Lipinski definition) is 13. The van der Waals surface area contributed by atoms with Crippen LogP contribution in [0.4, 0.5) is 0 Å². The van der Waals surface area contributed by atoms with E-state index in [2.05, 4.69) is 23.3 Å². The molecule has 0 bridgehead atoms. The van der Waals surface area contributed by atoms with Gasteiger partial charge in [-0.1, -0.05) is 0 Å². The van der Waals surface area contributed by atoms with Crippen LogP contribution in [0.25, 0.3) is 0 Å². The number of thiol groups is 1. The van der Waals surface area contributed by atoms with E-state index in [1.807, 2.05) is 0 Å². The maximum Gasteiger partial charge on any atom is 0.364 e. The van der Waals surface area contributed by atoms with Crippen molar-refractivity contribution >= 4 is 30.4 Å². The molecule has 2 amide bonds. The molecular weight excluding hydrogens is 688 g/mol. The highest BCUT2D eigenvalue weighted by atomic mass is 32.1. The summed E-state index contributed by atoms with van der Waals surface area (Å²) in [5.74, 6) is -5.77. The Morgan fingerprint density at radius 1 is 0.898 bits per heavy atom. The molecule has 16 unspecified atom stereocenters. The summed E-state index contributed by atoms with van der Waals surface area (Å²) in [5, 5.41) is 109. The molecular formula is C27H46N2O19S. The number of rotatable bonds is 15. The van der Waals surface area contributed by atoms with Crippen LogP contribution in [0.5, 0.6) is 0 Å². The van der Waals surface area contributed by atoms with E-state index in [0.717, 1.165) is 13.8 Å². The van der Waals surface area contributed by atoms with Crippen LogP contribution in [0.1, 0.15) is 20.3 Å². The first kappa shape index (κ1) is 41.6. The van der Waals surface area contributed by atoms with Crippen molar-refractivity contribution in [3.05, 3.63) is 0 Å². The standard InChI is InChI=1S/C27H46N2O19S/c1-9(32)28-15-11(34)5-27(26(41)42,48-23(15)17(36)12(35)6-30)44-8-14-18(37)20(39)21(40)25(46-14)47-22-13(7-31)45-24(43-3-4-49)16(19(22)38)29-10(2)33/h11-25,30-31,34-40,49H,3-8H2,1-2H3,(H,28,32)(H,29,33)(H,41,42). The number of amides is 2. The van der Waals surface area contributed by atoms with Gasteiger partial charge in [-0.05, 0) is 0 Å². The third kappa shape index (κ3) is 9.73. The van der Waals surface area contributed by atoms with E-state index in [4.69, 9.17) is 28.4 Å². The average Bonchev–Trinajstić information content (AvgIpc) is 3.05. The van der Waals surface area contributed by atoms with Crippen molar-refractivity contribution in [2.24, 2.45) is 0 Å². The Kier molecular flexibility index (Phi) is 15.3. The molecule has 3 aliphatic rings. The van der Waals surface area contributed by atoms with E-state index in [-0.39, 0.29) is 12.4 Å². The number of aliphatic hydroxyl groups is 9. The van der Waals surface area contributed by atoms with E-state index >= 15 is 0 Å². The van der Waals surface area contributed by atoms with Crippen molar-refractivity contribution in [3.8, 4) is 0 Å². The third-order valence-electron chi connectivity index (χ3n) is 8.22. The third-order valence-corrected chi connectivity index (χ3v) is 8.41. The van der Waals surface area contributed by atoms with Crippen molar-refractivity contribution in [2.75, 3.05) is 32.2 Å². The summed E-state index contributed by atoms with van der Waals surface area (Å²) >= 11 is 4.04. The number of aliphatic carboxylic acids is 1. The highest BCUT2D eigenvalue weighted by molar-refractivity contribution is 7.80. The Morgan fingerprint density at radius 2 is 1.51 bits per heavy atom. The smallest absolute Gasteiger partial charge is 0.364 e. The van der Waals surface area contributed by atoms with Crippen LogP contribution < -0.4 is 10.6 Å². The highest BCUT2D eigenvalue weighted by Crippen LogP contribution is 2.35. The van der Waals surface area contributed by atoms with Crippen molar-refractivity contribution in [2.45, 2.75) is 118 Å². The molecule has 0 aromatic heterocycles. The first-order valence-corrected chi connectivity index (χ1v) is 15.9. The minimum absolute atomic E-state index is 0.0324. The molecule has 284 valence electrons. The lowest BCUT2D eigenvalue weighted by Gasteiger charge is -2.48. The number of carbonyl (C=O) groups is 3. The van der Waals surface area contributed by atoms with E-state index < -0.39 is 142 Å². The lowest BCUT2D eigenvalue weighted by atomic mass is 9.88. The van der Waals surface area contributed by atoms with Gasteiger partial charge in [-0.2, -0.15) is 12.6 Å². The number of nitrogens with one attached hydrogen (secondary N) is 2. The van der Waals surface area contributed by atoms with Gasteiger partial charge in [0.15, 0.2) is 12.6 Å². The first-order valence-electron chi connectivity index (χ1n) is 15.3. The second-order valence-corrected chi connectivity index (χ2v) is 12.3. The molecule has 0 spiro atoms. The fraction of sp³-hybridized carbons (Fsp3) is 0.889. The second kappa shape index (κ2) is 18.1. The van der Waals surface area contributed by atoms with Gasteiger partial charge in [0.2, 0.25) is 11.8 Å². The zero-order valence-electron chi connectivity index (χ0n) is 26.5. The Bertz CT molecular complexity index is 1110. The molecule has 49 heavy (non-hydrogen) atoms. The van der Waals surface area contributed by atoms with Gasteiger partial charge in [-0.15, -0.1) is 0 Å². The van der Waals surface area contributed by atoms with E-state index in [9.17, 15) is 65.4 Å². The van der Waals surface area contributed by atoms with Crippen LogP contribution in [0.3, 0.4) is 0 Å². The van der Waals surface area contributed by atoms with E-state index in [1.165, 1.54) is 0 Å². The SMILES string of the molecule is CC(=O)NC1C(OCCS)OC(CO)C(OC2OC(COC3(C(=O)O)CC(O)C(NC(C)=O)C(C(O)C(O)CO)O3)C(O)C(O)C2O)C1O. The number of ether oxygens (including phenoxy) is 6. The Hall–Kier alpha value is -1.84. The van der Waals surface area contributed by atoms with Crippen LogP contribution >= 0.6 is 12.6 Å². The molecule has 3 aliphatic heterocycles. The highest BCUT2D eigenvalue weighted by Gasteiger charge is 2.57. The maximum absolute atomic E-state index is 12.5. The van der Waals surface area contributed by atoms with E-state index in [0.29, 0.717) is 0 Å². The van der Waals surface area contributed by atoms with Gasteiger partial charge in [0.05, 0.1) is 38.6 Å².